The Morgan fingerprint density at radius 1 is 1.25 bits per heavy atom. The molecule has 0 spiro atoms. The minimum Gasteiger partial charge on any atom is -0.310 e. The van der Waals surface area contributed by atoms with Crippen LogP contribution in [0, 0.1) is 0 Å². The van der Waals surface area contributed by atoms with E-state index in [0.717, 1.165) is 18.0 Å². The van der Waals surface area contributed by atoms with Crippen LogP contribution in [-0.4, -0.2) is 16.3 Å². The molecule has 1 atom stereocenters. The molecule has 4 heteroatoms. The van der Waals surface area contributed by atoms with E-state index in [9.17, 15) is 0 Å². The molecule has 0 fully saturated rings. The SMILES string of the molecule is CCCNC(C)c1ccc(SCc2ccn(C)n2)cc1. The number of thioether (sulfide) groups is 1. The Morgan fingerprint density at radius 2 is 2.00 bits per heavy atom. The summed E-state index contributed by atoms with van der Waals surface area (Å²) in [6.45, 7) is 5.47. The number of hydrogen-bond donors (Lipinski definition) is 1. The van der Waals surface area contributed by atoms with E-state index < -0.39 is 0 Å². The highest BCUT2D eigenvalue weighted by Crippen LogP contribution is 2.23. The standard InChI is InChI=1S/C16H23N3S/c1-4-10-17-13(2)14-5-7-16(8-6-14)20-12-15-9-11-19(3)18-15/h5-9,11,13,17H,4,10,12H2,1-3H3. The number of aromatic nitrogens is 2. The van der Waals surface area contributed by atoms with Gasteiger partial charge < -0.3 is 5.32 Å². The van der Waals surface area contributed by atoms with Crippen molar-refractivity contribution in [2.24, 2.45) is 7.05 Å². The Hall–Kier alpha value is -1.26. The zero-order valence-electron chi connectivity index (χ0n) is 12.5. The number of aryl methyl sites for hydroxylation is 1. The molecule has 0 amide bonds. The number of hydrogen-bond acceptors (Lipinski definition) is 3. The topological polar surface area (TPSA) is 29.9 Å². The smallest absolute Gasteiger partial charge is 0.0727 e. The maximum atomic E-state index is 4.39. The van der Waals surface area contributed by atoms with Gasteiger partial charge in [0.15, 0.2) is 0 Å². The fourth-order valence-electron chi connectivity index (χ4n) is 2.03. The third-order valence-electron chi connectivity index (χ3n) is 3.24. The van der Waals surface area contributed by atoms with E-state index in [2.05, 4.69) is 54.6 Å². The average Bonchev–Trinajstić information content (AvgIpc) is 2.89. The quantitative estimate of drug-likeness (QED) is 0.787. The summed E-state index contributed by atoms with van der Waals surface area (Å²) in [5.41, 5.74) is 2.47. The van der Waals surface area contributed by atoms with Gasteiger partial charge in [0.1, 0.15) is 0 Å². The molecule has 0 aliphatic heterocycles. The first kappa shape index (κ1) is 15.1. The van der Waals surface area contributed by atoms with Gasteiger partial charge in [0, 0.05) is 29.9 Å². The van der Waals surface area contributed by atoms with Crippen LogP contribution < -0.4 is 5.32 Å². The zero-order valence-corrected chi connectivity index (χ0v) is 13.3. The van der Waals surface area contributed by atoms with Gasteiger partial charge in [-0.05, 0) is 43.7 Å². The fraction of sp³-hybridized carbons (Fsp3) is 0.438. The molecule has 1 heterocycles. The van der Waals surface area contributed by atoms with Crippen molar-refractivity contribution in [3.63, 3.8) is 0 Å². The maximum Gasteiger partial charge on any atom is 0.0727 e. The van der Waals surface area contributed by atoms with E-state index in [4.69, 9.17) is 0 Å². The van der Waals surface area contributed by atoms with Crippen molar-refractivity contribution >= 4 is 11.8 Å². The van der Waals surface area contributed by atoms with Gasteiger partial charge in [0.2, 0.25) is 0 Å². The van der Waals surface area contributed by atoms with Crippen LogP contribution in [0.1, 0.15) is 37.6 Å². The van der Waals surface area contributed by atoms with E-state index in [1.165, 1.54) is 16.9 Å². The van der Waals surface area contributed by atoms with Gasteiger partial charge in [-0.3, -0.25) is 4.68 Å². The largest absolute Gasteiger partial charge is 0.310 e. The molecule has 0 bridgehead atoms. The minimum atomic E-state index is 0.421. The first-order valence-corrected chi connectivity index (χ1v) is 8.12. The van der Waals surface area contributed by atoms with Crippen molar-refractivity contribution in [2.75, 3.05) is 6.54 Å². The Labute approximate surface area is 125 Å². The molecule has 0 aliphatic carbocycles. The third kappa shape index (κ3) is 4.39. The monoisotopic (exact) mass is 289 g/mol. The summed E-state index contributed by atoms with van der Waals surface area (Å²) in [5, 5.41) is 7.90. The second-order valence-corrected chi connectivity index (χ2v) is 6.06. The molecule has 1 N–H and O–H groups in total. The molecule has 3 nitrogen and oxygen atoms in total. The third-order valence-corrected chi connectivity index (χ3v) is 4.28. The molecule has 0 saturated heterocycles. The van der Waals surface area contributed by atoms with Crippen LogP contribution in [0.15, 0.2) is 41.4 Å². The summed E-state index contributed by atoms with van der Waals surface area (Å²) in [4.78, 5) is 1.29. The lowest BCUT2D eigenvalue weighted by Gasteiger charge is -2.13. The lowest BCUT2D eigenvalue weighted by atomic mass is 10.1. The van der Waals surface area contributed by atoms with Gasteiger partial charge in [-0.1, -0.05) is 19.1 Å². The zero-order chi connectivity index (χ0) is 14.4. The molecule has 20 heavy (non-hydrogen) atoms. The van der Waals surface area contributed by atoms with Crippen LogP contribution in [0.4, 0.5) is 0 Å². The Kier molecular flexibility index (Phi) is 5.68. The summed E-state index contributed by atoms with van der Waals surface area (Å²) in [6.07, 6.45) is 3.16. The molecule has 2 rings (SSSR count). The van der Waals surface area contributed by atoms with Crippen molar-refractivity contribution in [1.29, 1.82) is 0 Å². The Bertz CT molecular complexity index is 519. The van der Waals surface area contributed by atoms with Gasteiger partial charge in [0.25, 0.3) is 0 Å². The number of nitrogens with one attached hydrogen (secondary N) is 1. The van der Waals surface area contributed by atoms with E-state index >= 15 is 0 Å². The second-order valence-electron chi connectivity index (χ2n) is 5.01. The van der Waals surface area contributed by atoms with Crippen LogP contribution in [0.25, 0.3) is 0 Å². The van der Waals surface area contributed by atoms with Gasteiger partial charge >= 0.3 is 0 Å². The molecule has 0 saturated carbocycles. The normalized spacial score (nSPS) is 12.6. The Morgan fingerprint density at radius 3 is 2.60 bits per heavy atom. The number of rotatable bonds is 7. The fourth-order valence-corrected chi connectivity index (χ4v) is 2.83. The van der Waals surface area contributed by atoms with Gasteiger partial charge in [-0.25, -0.2) is 0 Å². The van der Waals surface area contributed by atoms with Crippen molar-refractivity contribution in [3.8, 4) is 0 Å². The van der Waals surface area contributed by atoms with Crippen LogP contribution in [0.3, 0.4) is 0 Å². The summed E-state index contributed by atoms with van der Waals surface area (Å²) < 4.78 is 1.85. The predicted molar refractivity (Wildman–Crippen MR) is 85.9 cm³/mol. The maximum absolute atomic E-state index is 4.39. The lowest BCUT2D eigenvalue weighted by Crippen LogP contribution is -2.19. The lowest BCUT2D eigenvalue weighted by molar-refractivity contribution is 0.570. The summed E-state index contributed by atoms with van der Waals surface area (Å²) >= 11 is 1.83. The van der Waals surface area contributed by atoms with Crippen molar-refractivity contribution in [1.82, 2.24) is 15.1 Å². The molecule has 108 valence electrons. The molecule has 1 unspecified atom stereocenters. The molecule has 0 aliphatic rings. The predicted octanol–water partition coefficient (Wildman–Crippen LogP) is 3.77. The molecular formula is C16H23N3S. The van der Waals surface area contributed by atoms with Gasteiger partial charge in [-0.2, -0.15) is 5.10 Å². The second kappa shape index (κ2) is 7.50. The van der Waals surface area contributed by atoms with Crippen molar-refractivity contribution in [3.05, 3.63) is 47.8 Å². The van der Waals surface area contributed by atoms with Crippen LogP contribution in [-0.2, 0) is 12.8 Å². The number of benzene rings is 1. The first-order chi connectivity index (χ1) is 9.69. The van der Waals surface area contributed by atoms with Crippen molar-refractivity contribution in [2.45, 2.75) is 37.0 Å². The molecular weight excluding hydrogens is 266 g/mol. The summed E-state index contributed by atoms with van der Waals surface area (Å²) in [7, 11) is 1.95. The van der Waals surface area contributed by atoms with Crippen molar-refractivity contribution < 1.29 is 0 Å². The Balaban J connectivity index is 1.87. The molecule has 2 aromatic rings. The summed E-state index contributed by atoms with van der Waals surface area (Å²) in [5.74, 6) is 0.920. The molecule has 0 radical (unpaired) electrons. The summed E-state index contributed by atoms with van der Waals surface area (Å²) in [6, 6.07) is 11.3. The number of nitrogens with zero attached hydrogens (tertiary/aromatic N) is 2. The molecule has 1 aromatic carbocycles. The van der Waals surface area contributed by atoms with Crippen LogP contribution in [0.5, 0.6) is 0 Å². The highest BCUT2D eigenvalue weighted by molar-refractivity contribution is 7.98. The average molecular weight is 289 g/mol. The van der Waals surface area contributed by atoms with Gasteiger partial charge in [0.05, 0.1) is 5.69 Å². The van der Waals surface area contributed by atoms with Gasteiger partial charge in [-0.15, -0.1) is 11.8 Å². The highest BCUT2D eigenvalue weighted by atomic mass is 32.2. The minimum absolute atomic E-state index is 0.421. The van der Waals surface area contributed by atoms with Crippen LogP contribution >= 0.6 is 11.8 Å². The van der Waals surface area contributed by atoms with E-state index in [-0.39, 0.29) is 0 Å². The van der Waals surface area contributed by atoms with E-state index in [0.29, 0.717) is 6.04 Å². The van der Waals surface area contributed by atoms with E-state index in [1.54, 1.807) is 0 Å². The van der Waals surface area contributed by atoms with E-state index in [1.807, 2.05) is 29.7 Å². The van der Waals surface area contributed by atoms with Crippen LogP contribution in [0.2, 0.25) is 0 Å². The highest BCUT2D eigenvalue weighted by Gasteiger charge is 2.04. The molecule has 1 aromatic heterocycles. The first-order valence-electron chi connectivity index (χ1n) is 7.13.